The second-order valence-electron chi connectivity index (χ2n) is 8.00. The molecule has 2 aliphatic rings. The minimum atomic E-state index is -0.258. The zero-order valence-electron chi connectivity index (χ0n) is 17.0. The second kappa shape index (κ2) is 8.43. The standard InChI is InChI=1S/C22H23N5O4/c28-21-10-15-13-30-9-7-18(15)25-27(21)17-5-3-16(4-6-17)24-22(29)19-11-20(31-26-19)14-2-1-8-23-12-14/h1-2,8,10-12,16-17H,3-7,9,13H2,(H,24,29). The van der Waals surface area contributed by atoms with Gasteiger partial charge in [-0.3, -0.25) is 14.6 Å². The Hall–Kier alpha value is -3.33. The third kappa shape index (κ3) is 4.13. The molecule has 1 aliphatic carbocycles. The molecule has 5 rings (SSSR count). The fraction of sp³-hybridized carbons (Fsp3) is 0.409. The van der Waals surface area contributed by atoms with Crippen molar-refractivity contribution in [3.8, 4) is 11.3 Å². The van der Waals surface area contributed by atoms with Gasteiger partial charge >= 0.3 is 0 Å². The number of pyridine rings is 1. The van der Waals surface area contributed by atoms with Crippen LogP contribution in [0.15, 0.2) is 46.0 Å². The van der Waals surface area contributed by atoms with Gasteiger partial charge in [0.05, 0.1) is 24.9 Å². The maximum absolute atomic E-state index is 12.6. The SMILES string of the molecule is O=C(NC1CCC(n2nc3c(cc2=O)COCC3)CC1)c1cc(-c2cccnc2)on1. The number of ether oxygens (including phenoxy) is 1. The number of carbonyl (C=O) groups is 1. The van der Waals surface area contributed by atoms with Crippen LogP contribution in [-0.4, -0.2) is 38.5 Å². The van der Waals surface area contributed by atoms with Crippen LogP contribution in [0.1, 0.15) is 53.5 Å². The van der Waals surface area contributed by atoms with E-state index in [0.717, 1.165) is 48.9 Å². The molecule has 0 aromatic carbocycles. The summed E-state index contributed by atoms with van der Waals surface area (Å²) in [6.45, 7) is 1.10. The average Bonchev–Trinajstić information content (AvgIpc) is 3.30. The minimum Gasteiger partial charge on any atom is -0.376 e. The van der Waals surface area contributed by atoms with Crippen LogP contribution in [0.3, 0.4) is 0 Å². The summed E-state index contributed by atoms with van der Waals surface area (Å²) in [4.78, 5) is 29.1. The summed E-state index contributed by atoms with van der Waals surface area (Å²) in [5, 5.41) is 11.5. The normalized spacial score (nSPS) is 20.8. The van der Waals surface area contributed by atoms with Gasteiger partial charge in [0.1, 0.15) is 0 Å². The molecule has 9 nitrogen and oxygen atoms in total. The van der Waals surface area contributed by atoms with E-state index in [2.05, 4.69) is 20.6 Å². The van der Waals surface area contributed by atoms with Crippen LogP contribution in [-0.2, 0) is 17.8 Å². The molecule has 3 aromatic heterocycles. The van der Waals surface area contributed by atoms with Gasteiger partial charge in [0.15, 0.2) is 11.5 Å². The molecule has 31 heavy (non-hydrogen) atoms. The number of carbonyl (C=O) groups excluding carboxylic acids is 1. The molecule has 1 fully saturated rings. The van der Waals surface area contributed by atoms with E-state index in [-0.39, 0.29) is 29.2 Å². The number of aromatic nitrogens is 4. The second-order valence-corrected chi connectivity index (χ2v) is 8.00. The highest BCUT2D eigenvalue weighted by atomic mass is 16.5. The van der Waals surface area contributed by atoms with Gasteiger partial charge < -0.3 is 14.6 Å². The van der Waals surface area contributed by atoms with Gasteiger partial charge in [0, 0.05) is 48.1 Å². The Bertz CT molecular complexity index is 1130. The van der Waals surface area contributed by atoms with Crippen LogP contribution in [0.4, 0.5) is 0 Å². The molecule has 0 bridgehead atoms. The average molecular weight is 421 g/mol. The van der Waals surface area contributed by atoms with Crippen molar-refractivity contribution in [2.24, 2.45) is 0 Å². The minimum absolute atomic E-state index is 0.0315. The van der Waals surface area contributed by atoms with Crippen molar-refractivity contribution in [3.05, 3.63) is 64.0 Å². The van der Waals surface area contributed by atoms with Gasteiger partial charge in [-0.25, -0.2) is 4.68 Å². The van der Waals surface area contributed by atoms with E-state index < -0.39 is 0 Å². The highest BCUT2D eigenvalue weighted by molar-refractivity contribution is 5.93. The fourth-order valence-corrected chi connectivity index (χ4v) is 4.24. The third-order valence-corrected chi connectivity index (χ3v) is 5.93. The van der Waals surface area contributed by atoms with E-state index in [4.69, 9.17) is 9.26 Å². The molecule has 0 atom stereocenters. The van der Waals surface area contributed by atoms with E-state index in [1.807, 2.05) is 6.07 Å². The van der Waals surface area contributed by atoms with Crippen molar-refractivity contribution in [2.75, 3.05) is 6.61 Å². The lowest BCUT2D eigenvalue weighted by Crippen LogP contribution is -2.40. The van der Waals surface area contributed by atoms with Crippen LogP contribution in [0, 0.1) is 0 Å². The van der Waals surface area contributed by atoms with E-state index in [9.17, 15) is 9.59 Å². The van der Waals surface area contributed by atoms with Crippen molar-refractivity contribution in [2.45, 2.75) is 50.8 Å². The zero-order chi connectivity index (χ0) is 21.2. The van der Waals surface area contributed by atoms with Gasteiger partial charge in [0.25, 0.3) is 11.5 Å². The predicted molar refractivity (Wildman–Crippen MR) is 110 cm³/mol. The molecular formula is C22H23N5O4. The molecule has 0 spiro atoms. The fourth-order valence-electron chi connectivity index (χ4n) is 4.24. The van der Waals surface area contributed by atoms with Gasteiger partial charge in [-0.1, -0.05) is 5.16 Å². The predicted octanol–water partition coefficient (Wildman–Crippen LogP) is 2.28. The van der Waals surface area contributed by atoms with Crippen molar-refractivity contribution >= 4 is 5.91 Å². The third-order valence-electron chi connectivity index (χ3n) is 5.93. The van der Waals surface area contributed by atoms with E-state index in [0.29, 0.717) is 19.0 Å². The molecule has 9 heteroatoms. The summed E-state index contributed by atoms with van der Waals surface area (Å²) in [6.07, 6.45) is 7.19. The van der Waals surface area contributed by atoms with E-state index >= 15 is 0 Å². The lowest BCUT2D eigenvalue weighted by molar-refractivity contribution is 0.0911. The number of nitrogens with one attached hydrogen (secondary N) is 1. The number of fused-ring (bicyclic) bond motifs is 1. The Morgan fingerprint density at radius 2 is 2.06 bits per heavy atom. The topological polar surface area (TPSA) is 112 Å². The van der Waals surface area contributed by atoms with E-state index in [1.165, 1.54) is 0 Å². The zero-order valence-corrected chi connectivity index (χ0v) is 17.0. The van der Waals surface area contributed by atoms with Gasteiger partial charge in [-0.15, -0.1) is 0 Å². The number of amides is 1. The van der Waals surface area contributed by atoms with Crippen LogP contribution in [0.25, 0.3) is 11.3 Å². The largest absolute Gasteiger partial charge is 0.376 e. The van der Waals surface area contributed by atoms with Crippen LogP contribution in [0.5, 0.6) is 0 Å². The molecule has 0 radical (unpaired) electrons. The summed E-state index contributed by atoms with van der Waals surface area (Å²) in [5.41, 5.74) is 2.78. The van der Waals surface area contributed by atoms with Gasteiger partial charge in [0.2, 0.25) is 0 Å². The Balaban J connectivity index is 1.20. The summed E-state index contributed by atoms with van der Waals surface area (Å²) in [6, 6.07) is 7.01. The lowest BCUT2D eigenvalue weighted by Gasteiger charge is -2.30. The summed E-state index contributed by atoms with van der Waals surface area (Å²) in [5.74, 6) is 0.247. The van der Waals surface area contributed by atoms with Crippen molar-refractivity contribution in [3.63, 3.8) is 0 Å². The molecule has 0 saturated heterocycles. The first kappa shape index (κ1) is 19.6. The quantitative estimate of drug-likeness (QED) is 0.688. The van der Waals surface area contributed by atoms with Crippen molar-refractivity contribution in [1.29, 1.82) is 0 Å². The Kier molecular flexibility index (Phi) is 5.33. The molecule has 4 heterocycles. The monoisotopic (exact) mass is 421 g/mol. The summed E-state index contributed by atoms with van der Waals surface area (Å²) in [7, 11) is 0. The molecule has 1 aliphatic heterocycles. The van der Waals surface area contributed by atoms with Crippen LogP contribution >= 0.6 is 0 Å². The highest BCUT2D eigenvalue weighted by Gasteiger charge is 2.27. The Labute approximate surface area is 178 Å². The van der Waals surface area contributed by atoms with E-state index in [1.54, 1.807) is 35.3 Å². The lowest BCUT2D eigenvalue weighted by atomic mass is 9.91. The highest BCUT2D eigenvalue weighted by Crippen LogP contribution is 2.28. The summed E-state index contributed by atoms with van der Waals surface area (Å²) >= 11 is 0. The number of hydrogen-bond acceptors (Lipinski definition) is 7. The molecule has 160 valence electrons. The molecule has 1 N–H and O–H groups in total. The molecule has 3 aromatic rings. The smallest absolute Gasteiger partial charge is 0.273 e. The molecule has 1 amide bonds. The number of rotatable bonds is 4. The first-order valence-electron chi connectivity index (χ1n) is 10.5. The first-order valence-corrected chi connectivity index (χ1v) is 10.5. The summed E-state index contributed by atoms with van der Waals surface area (Å²) < 4.78 is 12.3. The Morgan fingerprint density at radius 1 is 1.19 bits per heavy atom. The number of nitrogens with zero attached hydrogens (tertiary/aromatic N) is 4. The number of hydrogen-bond donors (Lipinski definition) is 1. The van der Waals surface area contributed by atoms with Crippen molar-refractivity contribution < 1.29 is 14.1 Å². The maximum atomic E-state index is 12.6. The molecule has 1 saturated carbocycles. The maximum Gasteiger partial charge on any atom is 0.273 e. The van der Waals surface area contributed by atoms with Crippen LogP contribution in [0.2, 0.25) is 0 Å². The van der Waals surface area contributed by atoms with Crippen LogP contribution < -0.4 is 10.9 Å². The molecular weight excluding hydrogens is 398 g/mol. The molecule has 0 unspecified atom stereocenters. The Morgan fingerprint density at radius 3 is 2.87 bits per heavy atom. The van der Waals surface area contributed by atoms with Gasteiger partial charge in [-0.05, 0) is 37.8 Å². The first-order chi connectivity index (χ1) is 15.2. The van der Waals surface area contributed by atoms with Crippen molar-refractivity contribution in [1.82, 2.24) is 25.2 Å². The van der Waals surface area contributed by atoms with Gasteiger partial charge in [-0.2, -0.15) is 5.10 Å².